The molecule has 0 spiro atoms. The van der Waals surface area contributed by atoms with Crippen LogP contribution in [0.15, 0.2) is 73.2 Å². The van der Waals surface area contributed by atoms with Crippen molar-refractivity contribution in [3.8, 4) is 5.82 Å². The minimum Gasteiger partial charge on any atom is -0.373 e. The highest BCUT2D eigenvalue weighted by Crippen LogP contribution is 2.17. The van der Waals surface area contributed by atoms with Gasteiger partial charge in [-0.05, 0) is 30.3 Å². The van der Waals surface area contributed by atoms with Crippen LogP contribution in [0.3, 0.4) is 0 Å². The molecule has 1 aliphatic heterocycles. The maximum absolute atomic E-state index is 12.6. The van der Waals surface area contributed by atoms with Crippen molar-refractivity contribution in [3.63, 3.8) is 0 Å². The molecular weight excluding hydrogens is 406 g/mol. The number of benzene rings is 2. The van der Waals surface area contributed by atoms with Gasteiger partial charge in [0.15, 0.2) is 0 Å². The Hall–Kier alpha value is -3.98. The van der Waals surface area contributed by atoms with Gasteiger partial charge in [-0.3, -0.25) is 4.57 Å². The first-order chi connectivity index (χ1) is 15.8. The van der Waals surface area contributed by atoms with Gasteiger partial charge in [-0.2, -0.15) is 4.98 Å². The fourth-order valence-electron chi connectivity index (χ4n) is 3.67. The summed E-state index contributed by atoms with van der Waals surface area (Å²) in [6.07, 6.45) is 3.30. The van der Waals surface area contributed by atoms with E-state index in [0.717, 1.165) is 22.5 Å². The van der Waals surface area contributed by atoms with Crippen LogP contribution in [0, 0.1) is 0 Å². The number of nitrogens with one attached hydrogen (secondary N) is 2. The van der Waals surface area contributed by atoms with Crippen LogP contribution in [0.4, 0.5) is 16.4 Å². The van der Waals surface area contributed by atoms with Gasteiger partial charge in [-0.25, -0.2) is 14.8 Å². The molecule has 32 heavy (non-hydrogen) atoms. The van der Waals surface area contributed by atoms with E-state index < -0.39 is 0 Å². The van der Waals surface area contributed by atoms with Gasteiger partial charge in [0.2, 0.25) is 5.95 Å². The molecule has 162 valence electrons. The molecule has 0 aliphatic carbocycles. The topological polar surface area (TPSA) is 97.2 Å². The molecule has 3 heterocycles. The van der Waals surface area contributed by atoms with Crippen LogP contribution in [0.1, 0.15) is 0 Å². The largest absolute Gasteiger partial charge is 0.373 e. The van der Waals surface area contributed by atoms with Gasteiger partial charge < -0.3 is 20.3 Å². The summed E-state index contributed by atoms with van der Waals surface area (Å²) in [5, 5.41) is 6.16. The number of ether oxygens (including phenoxy) is 1. The van der Waals surface area contributed by atoms with Crippen LogP contribution in [-0.4, -0.2) is 62.8 Å². The molecule has 1 fully saturated rings. The Bertz CT molecular complexity index is 1210. The molecule has 2 N–H and O–H groups in total. The van der Waals surface area contributed by atoms with Crippen LogP contribution >= 0.6 is 0 Å². The van der Waals surface area contributed by atoms with E-state index in [1.807, 2.05) is 65.2 Å². The van der Waals surface area contributed by atoms with Crippen molar-refractivity contribution in [1.29, 1.82) is 0 Å². The summed E-state index contributed by atoms with van der Waals surface area (Å²) in [5.41, 5.74) is 2.66. The standard InChI is InChI=1S/C23H23N7O2/c31-23(27-17-6-2-1-3-7-17)29-12-13-32-18(15-29)14-25-22-24-11-10-21(28-22)30-16-26-19-8-4-5-9-20(19)30/h1-11,16,18H,12-15H2,(H,27,31)(H,24,25,28). The average Bonchev–Trinajstić information content (AvgIpc) is 3.28. The Morgan fingerprint density at radius 1 is 1.06 bits per heavy atom. The second kappa shape index (κ2) is 9.03. The zero-order valence-electron chi connectivity index (χ0n) is 17.4. The number of imidazole rings is 1. The van der Waals surface area contributed by atoms with Crippen molar-refractivity contribution >= 4 is 28.7 Å². The summed E-state index contributed by atoms with van der Waals surface area (Å²) < 4.78 is 7.76. The molecule has 4 aromatic rings. The second-order valence-electron chi connectivity index (χ2n) is 7.46. The quantitative estimate of drug-likeness (QED) is 0.506. The lowest BCUT2D eigenvalue weighted by atomic mass is 10.2. The summed E-state index contributed by atoms with van der Waals surface area (Å²) in [7, 11) is 0. The summed E-state index contributed by atoms with van der Waals surface area (Å²) in [4.78, 5) is 27.7. The lowest BCUT2D eigenvalue weighted by Crippen LogP contribution is -2.49. The number of carbonyl (C=O) groups is 1. The Morgan fingerprint density at radius 2 is 1.91 bits per heavy atom. The molecule has 1 unspecified atom stereocenters. The SMILES string of the molecule is O=C(Nc1ccccc1)N1CCOC(CNc2nccc(-n3cnc4ccccc43)n2)C1. The van der Waals surface area contributed by atoms with Crippen LogP contribution in [0.2, 0.25) is 0 Å². The minimum absolute atomic E-state index is 0.130. The monoisotopic (exact) mass is 429 g/mol. The number of rotatable bonds is 5. The lowest BCUT2D eigenvalue weighted by molar-refractivity contribution is -0.00452. The average molecular weight is 429 g/mol. The number of hydrogen-bond donors (Lipinski definition) is 2. The van der Waals surface area contributed by atoms with Gasteiger partial charge in [-0.15, -0.1) is 0 Å². The van der Waals surface area contributed by atoms with Crippen molar-refractivity contribution in [2.45, 2.75) is 6.10 Å². The van der Waals surface area contributed by atoms with Gasteiger partial charge in [0.05, 0.1) is 30.3 Å². The predicted molar refractivity (Wildman–Crippen MR) is 122 cm³/mol. The number of amides is 2. The molecule has 9 nitrogen and oxygen atoms in total. The third kappa shape index (κ3) is 4.37. The molecule has 2 aromatic heterocycles. The highest BCUT2D eigenvalue weighted by molar-refractivity contribution is 5.89. The fraction of sp³-hybridized carbons (Fsp3) is 0.217. The van der Waals surface area contributed by atoms with Gasteiger partial charge >= 0.3 is 6.03 Å². The zero-order valence-corrected chi connectivity index (χ0v) is 17.4. The molecule has 9 heteroatoms. The fourth-order valence-corrected chi connectivity index (χ4v) is 3.67. The Kier molecular flexibility index (Phi) is 5.63. The first kappa shape index (κ1) is 20.0. The minimum atomic E-state index is -0.161. The summed E-state index contributed by atoms with van der Waals surface area (Å²) in [6, 6.07) is 19.0. The summed E-state index contributed by atoms with van der Waals surface area (Å²) >= 11 is 0. The number of para-hydroxylation sites is 3. The number of aromatic nitrogens is 4. The Morgan fingerprint density at radius 3 is 2.81 bits per heavy atom. The Balaban J connectivity index is 1.21. The smallest absolute Gasteiger partial charge is 0.322 e. The molecule has 1 saturated heterocycles. The van der Waals surface area contributed by atoms with Crippen LogP contribution < -0.4 is 10.6 Å². The zero-order chi connectivity index (χ0) is 21.8. The van der Waals surface area contributed by atoms with E-state index in [-0.39, 0.29) is 12.1 Å². The van der Waals surface area contributed by atoms with Crippen molar-refractivity contribution in [1.82, 2.24) is 24.4 Å². The number of morpholine rings is 1. The van der Waals surface area contributed by atoms with E-state index >= 15 is 0 Å². The second-order valence-corrected chi connectivity index (χ2v) is 7.46. The normalized spacial score (nSPS) is 16.1. The molecule has 5 rings (SSSR count). The number of urea groups is 1. The Labute approximate surface area is 185 Å². The van der Waals surface area contributed by atoms with Crippen molar-refractivity contribution in [2.24, 2.45) is 0 Å². The molecule has 2 aromatic carbocycles. The molecule has 0 bridgehead atoms. The predicted octanol–water partition coefficient (Wildman–Crippen LogP) is 3.16. The first-order valence-corrected chi connectivity index (χ1v) is 10.5. The maximum Gasteiger partial charge on any atom is 0.322 e. The maximum atomic E-state index is 12.6. The van der Waals surface area contributed by atoms with E-state index in [0.29, 0.717) is 32.2 Å². The van der Waals surface area contributed by atoms with E-state index in [4.69, 9.17) is 4.74 Å². The van der Waals surface area contributed by atoms with Crippen molar-refractivity contribution in [3.05, 3.63) is 73.2 Å². The number of nitrogens with zero attached hydrogens (tertiary/aromatic N) is 5. The third-order valence-corrected chi connectivity index (χ3v) is 5.28. The van der Waals surface area contributed by atoms with Gasteiger partial charge in [0, 0.05) is 25.0 Å². The molecular formula is C23H23N7O2. The molecule has 0 saturated carbocycles. The van der Waals surface area contributed by atoms with Gasteiger partial charge in [0.1, 0.15) is 12.1 Å². The van der Waals surface area contributed by atoms with E-state index in [9.17, 15) is 4.79 Å². The molecule has 0 radical (unpaired) electrons. The molecule has 1 atom stereocenters. The molecule has 1 aliphatic rings. The highest BCUT2D eigenvalue weighted by atomic mass is 16.5. The van der Waals surface area contributed by atoms with E-state index in [1.54, 1.807) is 17.4 Å². The van der Waals surface area contributed by atoms with Gasteiger partial charge in [-0.1, -0.05) is 30.3 Å². The van der Waals surface area contributed by atoms with Crippen molar-refractivity contribution < 1.29 is 9.53 Å². The van der Waals surface area contributed by atoms with Crippen LogP contribution in [-0.2, 0) is 4.74 Å². The molecule has 2 amide bonds. The summed E-state index contributed by atoms with van der Waals surface area (Å²) in [6.45, 7) is 2.01. The van der Waals surface area contributed by atoms with Crippen LogP contribution in [0.25, 0.3) is 16.9 Å². The summed E-state index contributed by atoms with van der Waals surface area (Å²) in [5.74, 6) is 1.22. The lowest BCUT2D eigenvalue weighted by Gasteiger charge is -2.33. The number of hydrogen-bond acceptors (Lipinski definition) is 6. The number of anilines is 2. The van der Waals surface area contributed by atoms with E-state index in [1.165, 1.54) is 0 Å². The van der Waals surface area contributed by atoms with Gasteiger partial charge in [0.25, 0.3) is 0 Å². The highest BCUT2D eigenvalue weighted by Gasteiger charge is 2.24. The number of fused-ring (bicyclic) bond motifs is 1. The van der Waals surface area contributed by atoms with E-state index in [2.05, 4.69) is 25.6 Å². The van der Waals surface area contributed by atoms with Crippen LogP contribution in [0.5, 0.6) is 0 Å². The van der Waals surface area contributed by atoms with Crippen molar-refractivity contribution in [2.75, 3.05) is 36.9 Å². The third-order valence-electron chi connectivity index (χ3n) is 5.28. The first-order valence-electron chi connectivity index (χ1n) is 10.5. The number of carbonyl (C=O) groups excluding carboxylic acids is 1.